The highest BCUT2D eigenvalue weighted by atomic mass is 16.2. The van der Waals surface area contributed by atoms with Crippen LogP contribution in [0.25, 0.3) is 16.3 Å². The second-order valence-corrected chi connectivity index (χ2v) is 9.18. The summed E-state index contributed by atoms with van der Waals surface area (Å²) in [6.45, 7) is 7.88. The summed E-state index contributed by atoms with van der Waals surface area (Å²) in [7, 11) is 0. The Bertz CT molecular complexity index is 1270. The smallest absolute Gasteiger partial charge is 0.282 e. The fraction of sp³-hybridized carbons (Fsp3) is 0.286. The summed E-state index contributed by atoms with van der Waals surface area (Å²) in [6, 6.07) is 19.8. The lowest BCUT2D eigenvalue weighted by Gasteiger charge is -2.33. The van der Waals surface area contributed by atoms with E-state index in [1.807, 2.05) is 68.4 Å². The molecule has 2 amide bonds. The third-order valence-electron chi connectivity index (χ3n) is 6.69. The van der Waals surface area contributed by atoms with Crippen molar-refractivity contribution in [2.75, 3.05) is 18.0 Å². The molecule has 0 aromatic heterocycles. The van der Waals surface area contributed by atoms with Crippen molar-refractivity contribution in [3.63, 3.8) is 0 Å². The maximum absolute atomic E-state index is 14.0. The predicted molar refractivity (Wildman–Crippen MR) is 129 cm³/mol. The Labute approximate surface area is 189 Å². The number of benzene rings is 3. The van der Waals surface area contributed by atoms with Gasteiger partial charge in [-0.15, -0.1) is 0 Å². The van der Waals surface area contributed by atoms with Gasteiger partial charge in [0.25, 0.3) is 11.8 Å². The van der Waals surface area contributed by atoms with Crippen LogP contribution < -0.4 is 4.90 Å². The average Bonchev–Trinajstić information content (AvgIpc) is 3.03. The van der Waals surface area contributed by atoms with Crippen LogP contribution in [0.15, 0.2) is 66.4 Å². The second kappa shape index (κ2) is 7.94. The van der Waals surface area contributed by atoms with Crippen LogP contribution >= 0.6 is 0 Å². The molecule has 1 unspecified atom stereocenters. The lowest BCUT2D eigenvalue weighted by molar-refractivity contribution is -0.120. The maximum atomic E-state index is 14.0. The molecule has 2 aliphatic rings. The standard InChI is InChI=1S/C28H28N2O2/c1-18-13-14-22(20(3)16-18)25-26(29-15-7-8-19(2)17-29)28(32)30(27(25)31)24-12-6-10-21-9-4-5-11-23(21)24/h4-6,9-14,16,19H,7-8,15,17H2,1-3H3. The first-order chi connectivity index (χ1) is 15.5. The summed E-state index contributed by atoms with van der Waals surface area (Å²) in [5.74, 6) is 0.0492. The normalized spacial score (nSPS) is 19.4. The first kappa shape index (κ1) is 20.5. The SMILES string of the molecule is Cc1ccc(C2=C(N3CCCC(C)C3)C(=O)N(c3cccc4ccccc34)C2=O)c(C)c1. The quantitative estimate of drug-likeness (QED) is 0.523. The van der Waals surface area contributed by atoms with Crippen molar-refractivity contribution in [1.29, 1.82) is 0 Å². The van der Waals surface area contributed by atoms with Gasteiger partial charge in [-0.25, -0.2) is 4.90 Å². The van der Waals surface area contributed by atoms with E-state index >= 15 is 0 Å². The molecule has 2 aliphatic heterocycles. The van der Waals surface area contributed by atoms with Gasteiger partial charge >= 0.3 is 0 Å². The van der Waals surface area contributed by atoms with Crippen molar-refractivity contribution in [3.05, 3.63) is 83.1 Å². The van der Waals surface area contributed by atoms with Crippen molar-refractivity contribution >= 4 is 33.8 Å². The minimum atomic E-state index is -0.230. The first-order valence-electron chi connectivity index (χ1n) is 11.4. The van der Waals surface area contributed by atoms with Crippen LogP contribution in [0.5, 0.6) is 0 Å². The summed E-state index contributed by atoms with van der Waals surface area (Å²) in [6.07, 6.45) is 2.18. The molecular weight excluding hydrogens is 396 g/mol. The number of aryl methyl sites for hydroxylation is 2. The van der Waals surface area contributed by atoms with Gasteiger partial charge in [-0.1, -0.05) is 67.1 Å². The molecular formula is C28H28N2O2. The van der Waals surface area contributed by atoms with Crippen molar-refractivity contribution < 1.29 is 9.59 Å². The van der Waals surface area contributed by atoms with Crippen LogP contribution in [0.2, 0.25) is 0 Å². The molecule has 1 saturated heterocycles. The van der Waals surface area contributed by atoms with E-state index in [2.05, 4.69) is 17.9 Å². The zero-order valence-corrected chi connectivity index (χ0v) is 18.9. The molecule has 3 aromatic carbocycles. The third kappa shape index (κ3) is 3.31. The number of fused-ring (bicyclic) bond motifs is 1. The van der Waals surface area contributed by atoms with Crippen LogP contribution in [0, 0.1) is 19.8 Å². The lowest BCUT2D eigenvalue weighted by atomic mass is 9.95. The van der Waals surface area contributed by atoms with E-state index in [0.29, 0.717) is 22.9 Å². The fourth-order valence-electron chi connectivity index (χ4n) is 5.16. The molecule has 4 heteroatoms. The number of hydrogen-bond donors (Lipinski definition) is 0. The van der Waals surface area contributed by atoms with Gasteiger partial charge in [-0.05, 0) is 55.2 Å². The number of nitrogens with zero attached hydrogens (tertiary/aromatic N) is 2. The molecule has 0 aliphatic carbocycles. The maximum Gasteiger partial charge on any atom is 0.282 e. The summed E-state index contributed by atoms with van der Waals surface area (Å²) in [5, 5.41) is 1.92. The monoisotopic (exact) mass is 424 g/mol. The second-order valence-electron chi connectivity index (χ2n) is 9.18. The number of amides is 2. The number of hydrogen-bond acceptors (Lipinski definition) is 3. The number of likely N-dealkylation sites (tertiary alicyclic amines) is 1. The Morgan fingerprint density at radius 2 is 1.69 bits per heavy atom. The summed E-state index contributed by atoms with van der Waals surface area (Å²) in [5.41, 5.74) is 4.76. The molecule has 5 rings (SSSR count). The highest BCUT2D eigenvalue weighted by molar-refractivity contribution is 6.46. The molecule has 162 valence electrons. The van der Waals surface area contributed by atoms with Gasteiger partial charge in [-0.3, -0.25) is 9.59 Å². The molecule has 0 N–H and O–H groups in total. The number of carbonyl (C=O) groups is 2. The van der Waals surface area contributed by atoms with Gasteiger partial charge in [0.1, 0.15) is 5.70 Å². The topological polar surface area (TPSA) is 40.6 Å². The molecule has 1 atom stereocenters. The minimum Gasteiger partial charge on any atom is -0.366 e. The number of imide groups is 1. The van der Waals surface area contributed by atoms with Crippen molar-refractivity contribution in [1.82, 2.24) is 4.90 Å². The van der Waals surface area contributed by atoms with Crippen LogP contribution in [-0.2, 0) is 9.59 Å². The van der Waals surface area contributed by atoms with Gasteiger partial charge in [-0.2, -0.15) is 0 Å². The molecule has 0 saturated carbocycles. The van der Waals surface area contributed by atoms with Gasteiger partial charge in [0.05, 0.1) is 11.3 Å². The molecule has 0 radical (unpaired) electrons. The van der Waals surface area contributed by atoms with Crippen LogP contribution in [0.4, 0.5) is 5.69 Å². The average molecular weight is 425 g/mol. The molecule has 2 heterocycles. The van der Waals surface area contributed by atoms with E-state index in [0.717, 1.165) is 53.4 Å². The van der Waals surface area contributed by atoms with E-state index in [9.17, 15) is 9.59 Å². The summed E-state index contributed by atoms with van der Waals surface area (Å²) in [4.78, 5) is 31.4. The Balaban J connectivity index is 1.70. The Morgan fingerprint density at radius 3 is 2.47 bits per heavy atom. The largest absolute Gasteiger partial charge is 0.366 e. The highest BCUT2D eigenvalue weighted by Crippen LogP contribution is 2.39. The number of anilines is 1. The molecule has 3 aromatic rings. The van der Waals surface area contributed by atoms with Crippen LogP contribution in [-0.4, -0.2) is 29.8 Å². The van der Waals surface area contributed by atoms with Gasteiger partial charge < -0.3 is 4.90 Å². The van der Waals surface area contributed by atoms with Crippen LogP contribution in [0.1, 0.15) is 36.5 Å². The minimum absolute atomic E-state index is 0.213. The Kier molecular flexibility index (Phi) is 5.09. The molecule has 32 heavy (non-hydrogen) atoms. The summed E-state index contributed by atoms with van der Waals surface area (Å²) >= 11 is 0. The van der Waals surface area contributed by atoms with Crippen molar-refractivity contribution in [2.45, 2.75) is 33.6 Å². The van der Waals surface area contributed by atoms with Gasteiger partial charge in [0.2, 0.25) is 0 Å². The van der Waals surface area contributed by atoms with Gasteiger partial charge in [0, 0.05) is 18.5 Å². The molecule has 1 fully saturated rings. The van der Waals surface area contributed by atoms with E-state index in [1.165, 1.54) is 4.90 Å². The fourth-order valence-corrected chi connectivity index (χ4v) is 5.16. The molecule has 4 nitrogen and oxygen atoms in total. The molecule has 0 bridgehead atoms. The van der Waals surface area contributed by atoms with Crippen molar-refractivity contribution in [3.8, 4) is 0 Å². The first-order valence-corrected chi connectivity index (χ1v) is 11.4. The zero-order valence-electron chi connectivity index (χ0n) is 18.9. The number of rotatable bonds is 3. The Hall–Kier alpha value is -3.40. The van der Waals surface area contributed by atoms with E-state index in [1.54, 1.807) is 0 Å². The predicted octanol–water partition coefficient (Wildman–Crippen LogP) is 5.47. The third-order valence-corrected chi connectivity index (χ3v) is 6.69. The van der Waals surface area contributed by atoms with E-state index in [-0.39, 0.29) is 11.8 Å². The lowest BCUT2D eigenvalue weighted by Crippen LogP contribution is -2.39. The highest BCUT2D eigenvalue weighted by Gasteiger charge is 2.43. The van der Waals surface area contributed by atoms with E-state index < -0.39 is 0 Å². The van der Waals surface area contributed by atoms with Crippen LogP contribution in [0.3, 0.4) is 0 Å². The zero-order chi connectivity index (χ0) is 22.4. The molecule has 0 spiro atoms. The van der Waals surface area contributed by atoms with Gasteiger partial charge in [0.15, 0.2) is 0 Å². The number of piperidine rings is 1. The van der Waals surface area contributed by atoms with E-state index in [4.69, 9.17) is 0 Å². The summed E-state index contributed by atoms with van der Waals surface area (Å²) < 4.78 is 0. The Morgan fingerprint density at radius 1 is 0.906 bits per heavy atom. The van der Waals surface area contributed by atoms with Crippen molar-refractivity contribution in [2.24, 2.45) is 5.92 Å². The number of carbonyl (C=O) groups excluding carboxylic acids is 2.